The summed E-state index contributed by atoms with van der Waals surface area (Å²) in [4.78, 5) is 49.7. The van der Waals surface area contributed by atoms with Crippen molar-refractivity contribution in [3.63, 3.8) is 0 Å². The highest BCUT2D eigenvalue weighted by Crippen LogP contribution is 2.35. The molecule has 3 rings (SSSR count). The molecule has 2 atom stereocenters. The lowest BCUT2D eigenvalue weighted by atomic mass is 9.85. The predicted molar refractivity (Wildman–Crippen MR) is 102 cm³/mol. The standard InChI is InChI=1S/C20H21ClN2O5/c1-12-6-7-13(21)10-16(12)22-17(24)11-28-18(25)8-9-23-19(26)14-4-2-3-5-15(14)20(23)27/h2-3,6-7,10,14-15H,4-5,8-9,11H2,1H3,(H,22,24)/t14-,15-/m1/s1. The third-order valence-corrected chi connectivity index (χ3v) is 5.21. The van der Waals surface area contributed by atoms with E-state index in [4.69, 9.17) is 16.3 Å². The molecule has 1 aliphatic carbocycles. The minimum Gasteiger partial charge on any atom is -0.456 e. The van der Waals surface area contributed by atoms with E-state index in [9.17, 15) is 19.2 Å². The van der Waals surface area contributed by atoms with Crippen LogP contribution in [-0.2, 0) is 23.9 Å². The van der Waals surface area contributed by atoms with E-state index in [0.717, 1.165) is 10.5 Å². The molecule has 1 aromatic carbocycles. The van der Waals surface area contributed by atoms with E-state index in [1.54, 1.807) is 18.2 Å². The van der Waals surface area contributed by atoms with Gasteiger partial charge in [-0.15, -0.1) is 0 Å². The number of carbonyl (C=O) groups excluding carboxylic acids is 4. The van der Waals surface area contributed by atoms with Crippen molar-refractivity contribution in [2.75, 3.05) is 18.5 Å². The van der Waals surface area contributed by atoms with Gasteiger partial charge in [0.25, 0.3) is 5.91 Å². The number of fused-ring (bicyclic) bond motifs is 1. The van der Waals surface area contributed by atoms with Crippen LogP contribution in [0.3, 0.4) is 0 Å². The maximum Gasteiger partial charge on any atom is 0.308 e. The summed E-state index contributed by atoms with van der Waals surface area (Å²) in [6, 6.07) is 5.08. The summed E-state index contributed by atoms with van der Waals surface area (Å²) in [7, 11) is 0. The maximum absolute atomic E-state index is 12.3. The lowest BCUT2D eigenvalue weighted by molar-refractivity contribution is -0.148. The van der Waals surface area contributed by atoms with Crippen LogP contribution in [0.15, 0.2) is 30.4 Å². The second kappa shape index (κ2) is 8.56. The summed E-state index contributed by atoms with van der Waals surface area (Å²) in [6.45, 7) is 1.33. The highest BCUT2D eigenvalue weighted by Gasteiger charge is 2.46. The zero-order chi connectivity index (χ0) is 20.3. The third-order valence-electron chi connectivity index (χ3n) is 4.98. The Labute approximate surface area is 167 Å². The summed E-state index contributed by atoms with van der Waals surface area (Å²) < 4.78 is 4.95. The minimum absolute atomic E-state index is 0.0292. The van der Waals surface area contributed by atoms with E-state index < -0.39 is 18.5 Å². The van der Waals surface area contributed by atoms with Crippen LogP contribution in [-0.4, -0.2) is 41.7 Å². The van der Waals surface area contributed by atoms with Crippen LogP contribution >= 0.6 is 11.6 Å². The fraction of sp³-hybridized carbons (Fsp3) is 0.400. The van der Waals surface area contributed by atoms with Gasteiger partial charge < -0.3 is 10.1 Å². The molecule has 0 radical (unpaired) electrons. The first-order chi connectivity index (χ1) is 13.4. The topological polar surface area (TPSA) is 92.8 Å². The molecule has 8 heteroatoms. The number of imide groups is 1. The Morgan fingerprint density at radius 3 is 2.46 bits per heavy atom. The van der Waals surface area contributed by atoms with Crippen LogP contribution in [0.1, 0.15) is 24.8 Å². The number of amides is 3. The highest BCUT2D eigenvalue weighted by molar-refractivity contribution is 6.31. The molecule has 1 fully saturated rings. The van der Waals surface area contributed by atoms with Gasteiger partial charge >= 0.3 is 5.97 Å². The lowest BCUT2D eigenvalue weighted by Gasteiger charge is -2.14. The number of rotatable bonds is 6. The number of esters is 1. The molecule has 3 amide bonds. The average molecular weight is 405 g/mol. The van der Waals surface area contributed by atoms with Crippen molar-refractivity contribution in [2.24, 2.45) is 11.8 Å². The number of aryl methyl sites for hydroxylation is 1. The normalized spacial score (nSPS) is 20.9. The summed E-state index contributed by atoms with van der Waals surface area (Å²) in [6.07, 6.45) is 4.78. The van der Waals surface area contributed by atoms with Crippen molar-refractivity contribution in [1.82, 2.24) is 4.90 Å². The van der Waals surface area contributed by atoms with Gasteiger partial charge in [-0.3, -0.25) is 24.1 Å². The van der Waals surface area contributed by atoms with Crippen LogP contribution < -0.4 is 5.32 Å². The number of halogens is 1. The first-order valence-corrected chi connectivity index (χ1v) is 9.46. The van der Waals surface area contributed by atoms with E-state index >= 15 is 0 Å². The van der Waals surface area contributed by atoms with E-state index in [1.165, 1.54) is 0 Å². The fourth-order valence-electron chi connectivity index (χ4n) is 3.43. The van der Waals surface area contributed by atoms with E-state index in [2.05, 4.69) is 5.32 Å². The second-order valence-corrected chi connectivity index (χ2v) is 7.34. The van der Waals surface area contributed by atoms with Gasteiger partial charge in [-0.1, -0.05) is 29.8 Å². The Bertz CT molecular complexity index is 825. The predicted octanol–water partition coefficient (Wildman–Crippen LogP) is 2.47. The van der Waals surface area contributed by atoms with Gasteiger partial charge in [-0.05, 0) is 37.5 Å². The number of likely N-dealkylation sites (tertiary alicyclic amines) is 1. The Morgan fingerprint density at radius 1 is 1.18 bits per heavy atom. The lowest BCUT2D eigenvalue weighted by Crippen LogP contribution is -2.33. The van der Waals surface area contributed by atoms with Crippen LogP contribution in [0.25, 0.3) is 0 Å². The Morgan fingerprint density at radius 2 is 1.82 bits per heavy atom. The van der Waals surface area contributed by atoms with Gasteiger partial charge in [0.15, 0.2) is 6.61 Å². The largest absolute Gasteiger partial charge is 0.456 e. The van der Waals surface area contributed by atoms with Crippen LogP contribution in [0, 0.1) is 18.8 Å². The molecule has 1 heterocycles. The van der Waals surface area contributed by atoms with Gasteiger partial charge in [-0.25, -0.2) is 0 Å². The molecular formula is C20H21ClN2O5. The molecule has 1 saturated heterocycles. The van der Waals surface area contributed by atoms with Crippen molar-refractivity contribution >= 4 is 41.0 Å². The van der Waals surface area contributed by atoms with Crippen molar-refractivity contribution in [3.05, 3.63) is 40.9 Å². The Kier molecular flexibility index (Phi) is 6.14. The number of hydrogen-bond acceptors (Lipinski definition) is 5. The smallest absolute Gasteiger partial charge is 0.308 e. The number of carbonyl (C=O) groups is 4. The summed E-state index contributed by atoms with van der Waals surface area (Å²) in [5, 5.41) is 3.11. The third kappa shape index (κ3) is 4.42. The molecule has 1 aliphatic heterocycles. The summed E-state index contributed by atoms with van der Waals surface area (Å²) in [5.41, 5.74) is 1.36. The monoisotopic (exact) mass is 404 g/mol. The average Bonchev–Trinajstić information content (AvgIpc) is 2.92. The Balaban J connectivity index is 1.45. The molecule has 0 unspecified atom stereocenters. The number of nitrogens with one attached hydrogen (secondary N) is 1. The quantitative estimate of drug-likeness (QED) is 0.446. The first kappa shape index (κ1) is 20.1. The zero-order valence-corrected chi connectivity index (χ0v) is 16.2. The van der Waals surface area contributed by atoms with Crippen LogP contribution in [0.5, 0.6) is 0 Å². The number of anilines is 1. The first-order valence-electron chi connectivity index (χ1n) is 9.08. The fourth-order valence-corrected chi connectivity index (χ4v) is 3.60. The molecular weight excluding hydrogens is 384 g/mol. The van der Waals surface area contributed by atoms with Gasteiger partial charge in [0.2, 0.25) is 11.8 Å². The molecule has 1 aromatic rings. The molecule has 0 saturated carbocycles. The van der Waals surface area contributed by atoms with Crippen molar-refractivity contribution in [3.8, 4) is 0 Å². The second-order valence-electron chi connectivity index (χ2n) is 6.90. The molecule has 0 bridgehead atoms. The maximum atomic E-state index is 12.3. The van der Waals surface area contributed by atoms with E-state index in [-0.39, 0.29) is 36.6 Å². The molecule has 0 spiro atoms. The van der Waals surface area contributed by atoms with E-state index in [1.807, 2.05) is 19.1 Å². The molecule has 7 nitrogen and oxygen atoms in total. The SMILES string of the molecule is Cc1ccc(Cl)cc1NC(=O)COC(=O)CCN1C(=O)[C@@H]2CC=CC[C@H]2C1=O. The number of benzene rings is 1. The molecule has 2 aliphatic rings. The van der Waals surface area contributed by atoms with Crippen LogP contribution in [0.2, 0.25) is 5.02 Å². The van der Waals surface area contributed by atoms with Crippen LogP contribution in [0.4, 0.5) is 5.69 Å². The van der Waals surface area contributed by atoms with Gasteiger partial charge in [0, 0.05) is 17.3 Å². The van der Waals surface area contributed by atoms with Gasteiger partial charge in [0.1, 0.15) is 0 Å². The molecule has 0 aromatic heterocycles. The number of allylic oxidation sites excluding steroid dienone is 2. The number of hydrogen-bond donors (Lipinski definition) is 1. The molecule has 148 valence electrons. The van der Waals surface area contributed by atoms with Crippen molar-refractivity contribution < 1.29 is 23.9 Å². The van der Waals surface area contributed by atoms with Crippen molar-refractivity contribution in [2.45, 2.75) is 26.2 Å². The highest BCUT2D eigenvalue weighted by atomic mass is 35.5. The Hall–Kier alpha value is -2.67. The number of nitrogens with zero attached hydrogens (tertiary/aromatic N) is 1. The zero-order valence-electron chi connectivity index (χ0n) is 15.4. The number of ether oxygens (including phenoxy) is 1. The minimum atomic E-state index is -0.647. The molecule has 28 heavy (non-hydrogen) atoms. The van der Waals surface area contributed by atoms with Gasteiger partial charge in [0.05, 0.1) is 18.3 Å². The van der Waals surface area contributed by atoms with E-state index in [0.29, 0.717) is 23.6 Å². The van der Waals surface area contributed by atoms with Crippen molar-refractivity contribution in [1.29, 1.82) is 0 Å². The molecule has 1 N–H and O–H groups in total. The summed E-state index contributed by atoms with van der Waals surface area (Å²) >= 11 is 5.90. The summed E-state index contributed by atoms with van der Waals surface area (Å²) in [5.74, 6) is -2.25. The van der Waals surface area contributed by atoms with Gasteiger partial charge in [-0.2, -0.15) is 0 Å².